The molecule has 1 aliphatic heterocycles. The van der Waals surface area contributed by atoms with Crippen molar-refractivity contribution in [2.24, 2.45) is 16.1 Å². The first-order chi connectivity index (χ1) is 14.7. The monoisotopic (exact) mass is 412 g/mol. The summed E-state index contributed by atoms with van der Waals surface area (Å²) in [5.74, 6) is -0.708. The van der Waals surface area contributed by atoms with Crippen LogP contribution in [0.3, 0.4) is 0 Å². The number of nitrogens with zero attached hydrogens (tertiary/aromatic N) is 3. The molecule has 0 radical (unpaired) electrons. The van der Waals surface area contributed by atoms with Crippen LogP contribution in [0.25, 0.3) is 15.9 Å². The molecule has 1 aromatic heterocycles. The van der Waals surface area contributed by atoms with Crippen molar-refractivity contribution in [2.75, 3.05) is 5.32 Å². The molecule has 1 aliphatic carbocycles. The largest absolute Gasteiger partial charge is 0.326 e. The molecule has 0 saturated heterocycles. The van der Waals surface area contributed by atoms with E-state index in [1.54, 1.807) is 16.8 Å². The molecule has 146 valence electrons. The molecule has 5 rings (SSSR count). The zero-order valence-corrected chi connectivity index (χ0v) is 16.6. The fourth-order valence-corrected chi connectivity index (χ4v) is 4.25. The summed E-state index contributed by atoms with van der Waals surface area (Å²) < 4.78 is 1.04. The lowest BCUT2D eigenvalue weighted by atomic mass is 9.89. The average molecular weight is 412 g/mol. The normalized spacial score (nSPS) is 17.5. The van der Waals surface area contributed by atoms with Crippen molar-refractivity contribution in [3.8, 4) is 0 Å². The minimum atomic E-state index is -0.371. The Kier molecular flexibility index (Phi) is 4.65. The zero-order chi connectivity index (χ0) is 20.5. The summed E-state index contributed by atoms with van der Waals surface area (Å²) >= 11 is 1.54. The Morgan fingerprint density at radius 2 is 1.93 bits per heavy atom. The number of hydrogen-bond acceptors (Lipinski definition) is 5. The number of rotatable bonds is 4. The van der Waals surface area contributed by atoms with Crippen molar-refractivity contribution < 1.29 is 9.59 Å². The van der Waals surface area contributed by atoms with Crippen LogP contribution >= 0.6 is 11.3 Å². The highest BCUT2D eigenvalue weighted by molar-refractivity contribution is 7.16. The Bertz CT molecular complexity index is 1280. The van der Waals surface area contributed by atoms with Crippen LogP contribution in [0.15, 0.2) is 88.1 Å². The molecule has 1 atom stereocenters. The van der Waals surface area contributed by atoms with Gasteiger partial charge in [0, 0.05) is 11.3 Å². The molecular formula is C23H16N4O2S. The third-order valence-corrected chi connectivity index (χ3v) is 5.81. The van der Waals surface area contributed by atoms with Crippen LogP contribution in [0.1, 0.15) is 11.1 Å². The number of amides is 2. The summed E-state index contributed by atoms with van der Waals surface area (Å²) in [5.41, 5.74) is 6.77. The van der Waals surface area contributed by atoms with E-state index in [1.165, 1.54) is 0 Å². The van der Waals surface area contributed by atoms with Crippen LogP contribution in [0.2, 0.25) is 0 Å². The molecule has 7 heteroatoms. The molecule has 2 aromatic carbocycles. The van der Waals surface area contributed by atoms with Gasteiger partial charge in [0.15, 0.2) is 0 Å². The number of allylic oxidation sites excluding steroid dienone is 3. The maximum absolute atomic E-state index is 12.4. The van der Waals surface area contributed by atoms with Crippen molar-refractivity contribution in [1.29, 1.82) is 0 Å². The molecule has 0 spiro atoms. The van der Waals surface area contributed by atoms with Gasteiger partial charge in [-0.25, -0.2) is 4.98 Å². The van der Waals surface area contributed by atoms with E-state index in [1.807, 2.05) is 66.8 Å². The molecule has 1 N–H and O–H groups in total. The number of thiazole rings is 1. The third-order valence-electron chi connectivity index (χ3n) is 5.02. The fourth-order valence-electron chi connectivity index (χ4n) is 3.53. The third kappa shape index (κ3) is 3.51. The molecule has 0 bridgehead atoms. The van der Waals surface area contributed by atoms with E-state index in [9.17, 15) is 9.59 Å². The van der Waals surface area contributed by atoms with E-state index in [0.717, 1.165) is 32.6 Å². The van der Waals surface area contributed by atoms with Gasteiger partial charge >= 0.3 is 0 Å². The molecule has 2 heterocycles. The molecule has 0 fully saturated rings. The Morgan fingerprint density at radius 3 is 2.80 bits per heavy atom. The van der Waals surface area contributed by atoms with Crippen LogP contribution in [-0.2, 0) is 16.0 Å². The minimum absolute atomic E-state index is 0.0861. The summed E-state index contributed by atoms with van der Waals surface area (Å²) in [4.78, 5) is 28.7. The van der Waals surface area contributed by atoms with Crippen LogP contribution < -0.4 is 5.32 Å². The number of aromatic nitrogens is 1. The van der Waals surface area contributed by atoms with Gasteiger partial charge in [-0.3, -0.25) is 9.59 Å². The number of nitrogens with one attached hydrogen (secondary N) is 1. The predicted octanol–water partition coefficient (Wildman–Crippen LogP) is 4.92. The standard InChI is InChI=1S/C23H16N4O2S/c28-21(25-16-9-10-19-20(12-16)30-13-24-19)11-14-5-7-15(8-6-14)22-17-3-1-2-4-18(17)23(29)27-26-22/h1-10,12-13,18H,11H2,(H,25,28). The highest BCUT2D eigenvalue weighted by Gasteiger charge is 2.27. The number of azo groups is 1. The lowest BCUT2D eigenvalue weighted by Crippen LogP contribution is -2.17. The number of hydrogen-bond donors (Lipinski definition) is 1. The first-order valence-corrected chi connectivity index (χ1v) is 10.3. The van der Waals surface area contributed by atoms with Gasteiger partial charge in [-0.1, -0.05) is 48.6 Å². The van der Waals surface area contributed by atoms with Gasteiger partial charge in [-0.05, 0) is 29.3 Å². The van der Waals surface area contributed by atoms with E-state index in [2.05, 4.69) is 20.5 Å². The highest BCUT2D eigenvalue weighted by Crippen LogP contribution is 2.34. The molecule has 2 aliphatic rings. The van der Waals surface area contributed by atoms with Gasteiger partial charge in [0.25, 0.3) is 5.91 Å². The maximum Gasteiger partial charge on any atom is 0.276 e. The number of anilines is 1. The maximum atomic E-state index is 12.4. The summed E-state index contributed by atoms with van der Waals surface area (Å²) in [5, 5.41) is 10.8. The Hall–Kier alpha value is -3.71. The highest BCUT2D eigenvalue weighted by atomic mass is 32.1. The SMILES string of the molecule is O=C(Cc1ccc(C2=C3C=CC=CC3C(=O)N=N2)cc1)Nc1ccc2ncsc2c1. The van der Waals surface area contributed by atoms with Crippen molar-refractivity contribution in [2.45, 2.75) is 6.42 Å². The van der Waals surface area contributed by atoms with Gasteiger partial charge in [0.2, 0.25) is 5.91 Å². The molecule has 1 unspecified atom stereocenters. The van der Waals surface area contributed by atoms with E-state index in [4.69, 9.17) is 0 Å². The molecule has 3 aromatic rings. The summed E-state index contributed by atoms with van der Waals surface area (Å²) in [7, 11) is 0. The number of fused-ring (bicyclic) bond motifs is 2. The second-order valence-corrected chi connectivity index (χ2v) is 7.91. The Balaban J connectivity index is 1.31. The van der Waals surface area contributed by atoms with E-state index in [0.29, 0.717) is 5.70 Å². The van der Waals surface area contributed by atoms with Crippen molar-refractivity contribution in [3.05, 3.63) is 89.0 Å². The average Bonchev–Trinajstić information content (AvgIpc) is 3.23. The van der Waals surface area contributed by atoms with E-state index in [-0.39, 0.29) is 24.2 Å². The van der Waals surface area contributed by atoms with Gasteiger partial charge in [-0.2, -0.15) is 0 Å². The van der Waals surface area contributed by atoms with E-state index >= 15 is 0 Å². The van der Waals surface area contributed by atoms with Gasteiger partial charge in [-0.15, -0.1) is 21.6 Å². The summed E-state index contributed by atoms with van der Waals surface area (Å²) in [6.45, 7) is 0. The summed E-state index contributed by atoms with van der Waals surface area (Å²) in [6.07, 6.45) is 7.73. The smallest absolute Gasteiger partial charge is 0.276 e. The van der Waals surface area contributed by atoms with Crippen molar-refractivity contribution in [3.63, 3.8) is 0 Å². The van der Waals surface area contributed by atoms with E-state index < -0.39 is 0 Å². The quantitative estimate of drug-likeness (QED) is 0.660. The first-order valence-electron chi connectivity index (χ1n) is 9.44. The lowest BCUT2D eigenvalue weighted by Gasteiger charge is -2.19. The van der Waals surface area contributed by atoms with Crippen LogP contribution in [0.4, 0.5) is 5.69 Å². The molecule has 6 nitrogen and oxygen atoms in total. The topological polar surface area (TPSA) is 83.8 Å². The van der Waals surface area contributed by atoms with Gasteiger partial charge in [0.1, 0.15) is 0 Å². The van der Waals surface area contributed by atoms with Crippen LogP contribution in [0, 0.1) is 5.92 Å². The van der Waals surface area contributed by atoms with Crippen molar-refractivity contribution >= 4 is 44.8 Å². The second-order valence-electron chi connectivity index (χ2n) is 7.02. The van der Waals surface area contributed by atoms with Crippen LogP contribution in [0.5, 0.6) is 0 Å². The van der Waals surface area contributed by atoms with Crippen molar-refractivity contribution in [1.82, 2.24) is 4.98 Å². The Labute approximate surface area is 176 Å². The number of benzene rings is 2. The molecule has 30 heavy (non-hydrogen) atoms. The number of carbonyl (C=O) groups excluding carboxylic acids is 2. The first kappa shape index (κ1) is 18.3. The summed E-state index contributed by atoms with van der Waals surface area (Å²) in [6, 6.07) is 13.3. The zero-order valence-electron chi connectivity index (χ0n) is 15.8. The second kappa shape index (κ2) is 7.61. The molecular weight excluding hydrogens is 396 g/mol. The van der Waals surface area contributed by atoms with Gasteiger partial charge < -0.3 is 5.32 Å². The fraction of sp³-hybridized carbons (Fsp3) is 0.0870. The minimum Gasteiger partial charge on any atom is -0.326 e. The predicted molar refractivity (Wildman–Crippen MR) is 117 cm³/mol. The van der Waals surface area contributed by atoms with Crippen LogP contribution in [-0.4, -0.2) is 16.8 Å². The number of carbonyl (C=O) groups is 2. The molecule has 2 amide bonds. The van der Waals surface area contributed by atoms with Gasteiger partial charge in [0.05, 0.1) is 33.8 Å². The Morgan fingerprint density at radius 1 is 1.07 bits per heavy atom. The lowest BCUT2D eigenvalue weighted by molar-refractivity contribution is -0.120. The molecule has 0 saturated carbocycles.